The topological polar surface area (TPSA) is 99.6 Å². The number of primary sulfonamides is 1. The van der Waals surface area contributed by atoms with Gasteiger partial charge in [0.15, 0.2) is 0 Å². The van der Waals surface area contributed by atoms with Crippen LogP contribution in [0.2, 0.25) is 0 Å². The van der Waals surface area contributed by atoms with Crippen LogP contribution in [0.4, 0.5) is 13.2 Å². The largest absolute Gasteiger partial charge is 0.573 e. The van der Waals surface area contributed by atoms with E-state index in [9.17, 15) is 21.6 Å². The monoisotopic (exact) mass is 364 g/mol. The van der Waals surface area contributed by atoms with Crippen molar-refractivity contribution in [1.29, 1.82) is 0 Å². The zero-order valence-electron chi connectivity index (χ0n) is 11.0. The van der Waals surface area contributed by atoms with E-state index < -0.39 is 22.1 Å². The molecule has 0 unspecified atom stereocenters. The van der Waals surface area contributed by atoms with Gasteiger partial charge in [-0.1, -0.05) is 23.5 Å². The standard InChI is InChI=1S/C11H7F3N4O3S2/c12-11(13,14)21-7-3-1-2-6(4-7)8-5-16-9-18(8)17-10(22-9)23(15,19)20/h1-5H,(H2,15,19,20). The maximum absolute atomic E-state index is 12.3. The number of alkyl halides is 3. The van der Waals surface area contributed by atoms with Crippen LogP contribution in [-0.2, 0) is 10.0 Å². The SMILES string of the molecule is NS(=O)(=O)c1nn2c(-c3cccc(OC(F)(F)F)c3)cnc2s1. The maximum Gasteiger partial charge on any atom is 0.573 e. The maximum atomic E-state index is 12.3. The van der Waals surface area contributed by atoms with E-state index in [1.54, 1.807) is 0 Å². The molecule has 0 atom stereocenters. The lowest BCUT2D eigenvalue weighted by Gasteiger charge is -2.09. The minimum absolute atomic E-state index is 0.242. The van der Waals surface area contributed by atoms with E-state index in [2.05, 4.69) is 14.8 Å². The quantitative estimate of drug-likeness (QED) is 0.766. The zero-order chi connectivity index (χ0) is 16.8. The number of aromatic nitrogens is 3. The smallest absolute Gasteiger partial charge is 0.406 e. The summed E-state index contributed by atoms with van der Waals surface area (Å²) in [6.07, 6.45) is -3.45. The minimum atomic E-state index is -4.81. The molecule has 0 amide bonds. The average molecular weight is 364 g/mol. The number of rotatable bonds is 3. The summed E-state index contributed by atoms with van der Waals surface area (Å²) in [5, 5.41) is 8.82. The first kappa shape index (κ1) is 15.7. The van der Waals surface area contributed by atoms with Gasteiger partial charge in [0, 0.05) is 5.56 Å². The van der Waals surface area contributed by atoms with Gasteiger partial charge in [0.2, 0.25) is 9.30 Å². The average Bonchev–Trinajstić information content (AvgIpc) is 2.95. The molecule has 0 aliphatic rings. The van der Waals surface area contributed by atoms with Crippen LogP contribution in [0.3, 0.4) is 0 Å². The molecule has 23 heavy (non-hydrogen) atoms. The van der Waals surface area contributed by atoms with Crippen LogP contribution >= 0.6 is 11.3 Å². The van der Waals surface area contributed by atoms with Crippen LogP contribution in [0.1, 0.15) is 0 Å². The highest BCUT2D eigenvalue weighted by molar-refractivity contribution is 7.91. The Morgan fingerprint density at radius 1 is 1.30 bits per heavy atom. The molecule has 7 nitrogen and oxygen atoms in total. The lowest BCUT2D eigenvalue weighted by molar-refractivity contribution is -0.274. The molecule has 0 saturated heterocycles. The summed E-state index contributed by atoms with van der Waals surface area (Å²) in [6.45, 7) is 0. The van der Waals surface area contributed by atoms with Gasteiger partial charge in [0.25, 0.3) is 10.0 Å². The Kier molecular flexibility index (Phi) is 3.54. The number of ether oxygens (including phenoxy) is 1. The van der Waals surface area contributed by atoms with Crippen LogP contribution in [0.5, 0.6) is 5.75 Å². The van der Waals surface area contributed by atoms with E-state index in [0.29, 0.717) is 11.3 Å². The number of halogens is 3. The second kappa shape index (κ2) is 5.18. The van der Waals surface area contributed by atoms with Crippen molar-refractivity contribution < 1.29 is 26.3 Å². The van der Waals surface area contributed by atoms with E-state index in [1.807, 2.05) is 0 Å². The van der Waals surface area contributed by atoms with Crippen molar-refractivity contribution in [2.75, 3.05) is 0 Å². The lowest BCUT2D eigenvalue weighted by atomic mass is 10.1. The van der Waals surface area contributed by atoms with Crippen molar-refractivity contribution in [3.63, 3.8) is 0 Å². The summed E-state index contributed by atoms with van der Waals surface area (Å²) in [4.78, 5) is 4.21. The van der Waals surface area contributed by atoms with Gasteiger partial charge in [-0.15, -0.1) is 18.3 Å². The van der Waals surface area contributed by atoms with Gasteiger partial charge in [-0.05, 0) is 12.1 Å². The molecule has 2 heterocycles. The van der Waals surface area contributed by atoms with E-state index >= 15 is 0 Å². The first-order valence-corrected chi connectivity index (χ1v) is 8.23. The number of hydrogen-bond acceptors (Lipinski definition) is 6. The van der Waals surface area contributed by atoms with Gasteiger partial charge in [-0.2, -0.15) is 0 Å². The Morgan fingerprint density at radius 2 is 2.04 bits per heavy atom. The number of fused-ring (bicyclic) bond motifs is 1. The molecule has 2 N–H and O–H groups in total. The molecule has 0 bridgehead atoms. The number of benzene rings is 1. The van der Waals surface area contributed by atoms with Crippen molar-refractivity contribution in [2.24, 2.45) is 5.14 Å². The summed E-state index contributed by atoms with van der Waals surface area (Å²) in [7, 11) is -3.99. The van der Waals surface area contributed by atoms with E-state index in [-0.39, 0.29) is 9.30 Å². The lowest BCUT2D eigenvalue weighted by Crippen LogP contribution is -2.17. The van der Waals surface area contributed by atoms with Crippen LogP contribution < -0.4 is 9.88 Å². The van der Waals surface area contributed by atoms with Gasteiger partial charge in [-0.25, -0.2) is 23.1 Å². The van der Waals surface area contributed by atoms with Gasteiger partial charge in [0.1, 0.15) is 5.75 Å². The van der Waals surface area contributed by atoms with Crippen molar-refractivity contribution in [3.05, 3.63) is 30.5 Å². The fourth-order valence-electron chi connectivity index (χ4n) is 1.84. The molecule has 0 radical (unpaired) electrons. The molecule has 0 aliphatic heterocycles. The second-order valence-corrected chi connectivity index (χ2v) is 7.02. The predicted molar refractivity (Wildman–Crippen MR) is 74.4 cm³/mol. The molecule has 12 heteroatoms. The highest BCUT2D eigenvalue weighted by Gasteiger charge is 2.31. The summed E-state index contributed by atoms with van der Waals surface area (Å²) < 4.78 is 64.1. The van der Waals surface area contributed by atoms with Crippen LogP contribution in [0.15, 0.2) is 34.8 Å². The number of nitrogens with two attached hydrogens (primary N) is 1. The Morgan fingerprint density at radius 3 is 2.70 bits per heavy atom. The fourth-order valence-corrected chi connectivity index (χ4v) is 3.33. The van der Waals surface area contributed by atoms with Crippen LogP contribution in [0.25, 0.3) is 16.2 Å². The van der Waals surface area contributed by atoms with Crippen molar-refractivity contribution in [3.8, 4) is 17.0 Å². The molecular weight excluding hydrogens is 357 g/mol. The number of imidazole rings is 1. The highest BCUT2D eigenvalue weighted by atomic mass is 32.2. The van der Waals surface area contributed by atoms with Crippen molar-refractivity contribution in [1.82, 2.24) is 14.6 Å². The third-order valence-electron chi connectivity index (χ3n) is 2.67. The van der Waals surface area contributed by atoms with Gasteiger partial charge in [-0.3, -0.25) is 0 Å². The Balaban J connectivity index is 2.07. The first-order valence-electron chi connectivity index (χ1n) is 5.87. The first-order chi connectivity index (χ1) is 10.6. The fraction of sp³-hybridized carbons (Fsp3) is 0.0909. The molecule has 0 saturated carbocycles. The normalized spacial score (nSPS) is 12.7. The predicted octanol–water partition coefficient (Wildman–Crippen LogP) is 2.00. The molecule has 0 spiro atoms. The second-order valence-electron chi connectivity index (χ2n) is 4.33. The van der Waals surface area contributed by atoms with Crippen LogP contribution in [-0.4, -0.2) is 29.4 Å². The molecular formula is C11H7F3N4O3S2. The Hall–Kier alpha value is -2.18. The van der Waals surface area contributed by atoms with E-state index in [4.69, 9.17) is 5.14 Å². The summed E-state index contributed by atoms with van der Waals surface area (Å²) in [6, 6.07) is 5.17. The van der Waals surface area contributed by atoms with Crippen molar-refractivity contribution in [2.45, 2.75) is 10.7 Å². The number of nitrogens with zero attached hydrogens (tertiary/aromatic N) is 3. The summed E-state index contributed by atoms with van der Waals surface area (Å²) in [5.74, 6) is -0.410. The minimum Gasteiger partial charge on any atom is -0.406 e. The van der Waals surface area contributed by atoms with Crippen LogP contribution in [0, 0.1) is 0 Å². The third kappa shape index (κ3) is 3.28. The molecule has 122 valence electrons. The molecule has 3 rings (SSSR count). The Labute approximate surface area is 131 Å². The molecule has 0 aliphatic carbocycles. The Bertz CT molecular complexity index is 978. The van der Waals surface area contributed by atoms with Gasteiger partial charge >= 0.3 is 6.36 Å². The number of hydrogen-bond donors (Lipinski definition) is 1. The van der Waals surface area contributed by atoms with Gasteiger partial charge < -0.3 is 4.74 Å². The van der Waals surface area contributed by atoms with Gasteiger partial charge in [0.05, 0.1) is 11.9 Å². The summed E-state index contributed by atoms with van der Waals surface area (Å²) >= 11 is 0.750. The molecule has 3 aromatic rings. The molecule has 2 aromatic heterocycles. The van der Waals surface area contributed by atoms with Crippen molar-refractivity contribution >= 4 is 26.3 Å². The highest BCUT2D eigenvalue weighted by Crippen LogP contribution is 2.29. The molecule has 0 fully saturated rings. The molecule has 1 aromatic carbocycles. The number of sulfonamides is 1. The zero-order valence-corrected chi connectivity index (χ0v) is 12.6. The van der Waals surface area contributed by atoms with E-state index in [1.165, 1.54) is 22.8 Å². The summed E-state index contributed by atoms with van der Waals surface area (Å²) in [5.41, 5.74) is 0.629. The van der Waals surface area contributed by atoms with E-state index in [0.717, 1.165) is 23.5 Å². The third-order valence-corrected chi connectivity index (χ3v) is 4.91.